The lowest BCUT2D eigenvalue weighted by atomic mass is 10.2. The molecule has 7 heteroatoms. The van der Waals surface area contributed by atoms with E-state index in [1.807, 2.05) is 0 Å². The van der Waals surface area contributed by atoms with Gasteiger partial charge in [0.15, 0.2) is 0 Å². The number of benzene rings is 1. The van der Waals surface area contributed by atoms with Gasteiger partial charge in [0.05, 0.1) is 18.1 Å². The van der Waals surface area contributed by atoms with Gasteiger partial charge in [-0.1, -0.05) is 11.6 Å². The second-order valence-corrected chi connectivity index (χ2v) is 5.48. The largest absolute Gasteiger partial charge is 0.392 e. The molecule has 0 aromatic heterocycles. The minimum atomic E-state index is -3.58. The quantitative estimate of drug-likeness (QED) is 0.754. The standard InChI is InChI=1S/C10H14ClNO4S/c1-16-5-4-12-17(14,15)9-2-3-10(11)8(6-9)7-13/h2-3,6,12-13H,4-5,7H2,1H3. The Kier molecular flexibility index (Phi) is 5.35. The Labute approximate surface area is 105 Å². The molecule has 2 N–H and O–H groups in total. The van der Waals surface area contributed by atoms with Gasteiger partial charge >= 0.3 is 0 Å². The molecule has 0 aliphatic rings. The van der Waals surface area contributed by atoms with Gasteiger partial charge in [0.25, 0.3) is 0 Å². The summed E-state index contributed by atoms with van der Waals surface area (Å²) in [6.07, 6.45) is 0. The summed E-state index contributed by atoms with van der Waals surface area (Å²) in [4.78, 5) is 0.0713. The van der Waals surface area contributed by atoms with E-state index in [0.717, 1.165) is 0 Å². The Balaban J connectivity index is 2.91. The third kappa shape index (κ3) is 3.93. The van der Waals surface area contributed by atoms with Gasteiger partial charge in [0, 0.05) is 18.7 Å². The van der Waals surface area contributed by atoms with Crippen LogP contribution < -0.4 is 4.72 Å². The molecular weight excluding hydrogens is 266 g/mol. The fraction of sp³-hybridized carbons (Fsp3) is 0.400. The third-order valence-corrected chi connectivity index (χ3v) is 3.92. The molecule has 0 atom stereocenters. The van der Waals surface area contributed by atoms with Crippen LogP contribution in [0.3, 0.4) is 0 Å². The molecule has 1 aromatic carbocycles. The second kappa shape index (κ2) is 6.32. The van der Waals surface area contributed by atoms with Crippen molar-refractivity contribution < 1.29 is 18.3 Å². The van der Waals surface area contributed by atoms with E-state index < -0.39 is 10.0 Å². The third-order valence-electron chi connectivity index (χ3n) is 2.10. The molecule has 0 aliphatic carbocycles. The Morgan fingerprint density at radius 2 is 2.18 bits per heavy atom. The molecule has 0 saturated carbocycles. The highest BCUT2D eigenvalue weighted by molar-refractivity contribution is 7.89. The van der Waals surface area contributed by atoms with Crippen molar-refractivity contribution in [3.05, 3.63) is 28.8 Å². The van der Waals surface area contributed by atoms with Crippen molar-refractivity contribution in [2.75, 3.05) is 20.3 Å². The van der Waals surface area contributed by atoms with Crippen molar-refractivity contribution in [2.24, 2.45) is 0 Å². The molecule has 1 rings (SSSR count). The first-order chi connectivity index (χ1) is 8.01. The first kappa shape index (κ1) is 14.4. The Hall–Kier alpha value is -0.660. The number of halogens is 1. The van der Waals surface area contributed by atoms with Crippen molar-refractivity contribution in [3.8, 4) is 0 Å². The van der Waals surface area contributed by atoms with E-state index in [0.29, 0.717) is 17.2 Å². The highest BCUT2D eigenvalue weighted by Gasteiger charge is 2.14. The number of hydrogen-bond donors (Lipinski definition) is 2. The normalized spacial score (nSPS) is 11.7. The van der Waals surface area contributed by atoms with Crippen molar-refractivity contribution in [1.82, 2.24) is 4.72 Å². The Morgan fingerprint density at radius 3 is 2.76 bits per heavy atom. The molecule has 0 amide bonds. The number of rotatable bonds is 6. The lowest BCUT2D eigenvalue weighted by molar-refractivity contribution is 0.204. The fourth-order valence-corrected chi connectivity index (χ4v) is 2.44. The SMILES string of the molecule is COCCNS(=O)(=O)c1ccc(Cl)c(CO)c1. The molecule has 0 fully saturated rings. The van der Waals surface area contributed by atoms with Crippen LogP contribution in [0, 0.1) is 0 Å². The monoisotopic (exact) mass is 279 g/mol. The van der Waals surface area contributed by atoms with Gasteiger partial charge in [-0.2, -0.15) is 0 Å². The summed E-state index contributed by atoms with van der Waals surface area (Å²) in [5.74, 6) is 0. The molecule has 0 aliphatic heterocycles. The number of aliphatic hydroxyl groups excluding tert-OH is 1. The van der Waals surface area contributed by atoms with Gasteiger partial charge in [0.2, 0.25) is 10.0 Å². The second-order valence-electron chi connectivity index (χ2n) is 3.30. The van der Waals surface area contributed by atoms with E-state index in [1.54, 1.807) is 0 Å². The van der Waals surface area contributed by atoms with Crippen LogP contribution in [-0.4, -0.2) is 33.8 Å². The zero-order valence-electron chi connectivity index (χ0n) is 9.31. The lowest BCUT2D eigenvalue weighted by Crippen LogP contribution is -2.27. The number of nitrogens with one attached hydrogen (secondary N) is 1. The van der Waals surface area contributed by atoms with Crippen LogP contribution in [0.4, 0.5) is 0 Å². The minimum Gasteiger partial charge on any atom is -0.392 e. The van der Waals surface area contributed by atoms with Crippen LogP contribution in [0.1, 0.15) is 5.56 Å². The van der Waals surface area contributed by atoms with E-state index in [4.69, 9.17) is 21.4 Å². The molecule has 1 aromatic rings. The van der Waals surface area contributed by atoms with E-state index in [2.05, 4.69) is 4.72 Å². The minimum absolute atomic E-state index is 0.0713. The highest BCUT2D eigenvalue weighted by atomic mass is 35.5. The van der Waals surface area contributed by atoms with Crippen LogP contribution >= 0.6 is 11.6 Å². The van der Waals surface area contributed by atoms with Crippen LogP contribution in [0.15, 0.2) is 23.1 Å². The smallest absolute Gasteiger partial charge is 0.240 e. The average Bonchev–Trinajstić information content (AvgIpc) is 2.29. The summed E-state index contributed by atoms with van der Waals surface area (Å²) >= 11 is 5.78. The summed E-state index contributed by atoms with van der Waals surface area (Å²) in [5.41, 5.74) is 0.376. The van der Waals surface area contributed by atoms with Crippen LogP contribution in [0.2, 0.25) is 5.02 Å². The summed E-state index contributed by atoms with van der Waals surface area (Å²) in [7, 11) is -2.10. The Morgan fingerprint density at radius 1 is 1.47 bits per heavy atom. The molecule has 5 nitrogen and oxygen atoms in total. The average molecular weight is 280 g/mol. The molecule has 96 valence electrons. The first-order valence-electron chi connectivity index (χ1n) is 4.89. The zero-order chi connectivity index (χ0) is 12.9. The van der Waals surface area contributed by atoms with Gasteiger partial charge in [-0.3, -0.25) is 0 Å². The summed E-state index contributed by atoms with van der Waals surface area (Å²) in [6.45, 7) is 0.176. The van der Waals surface area contributed by atoms with Crippen molar-refractivity contribution in [2.45, 2.75) is 11.5 Å². The molecule has 0 heterocycles. The summed E-state index contributed by atoms with van der Waals surface area (Å²) in [5, 5.41) is 9.34. The van der Waals surface area contributed by atoms with Crippen molar-refractivity contribution >= 4 is 21.6 Å². The van der Waals surface area contributed by atoms with Crippen LogP contribution in [-0.2, 0) is 21.4 Å². The van der Waals surface area contributed by atoms with Crippen LogP contribution in [0.25, 0.3) is 0 Å². The van der Waals surface area contributed by atoms with E-state index >= 15 is 0 Å². The predicted molar refractivity (Wildman–Crippen MR) is 64.4 cm³/mol. The fourth-order valence-electron chi connectivity index (χ4n) is 1.20. The first-order valence-corrected chi connectivity index (χ1v) is 6.75. The molecule has 0 radical (unpaired) electrons. The van der Waals surface area contributed by atoms with Gasteiger partial charge < -0.3 is 9.84 Å². The topological polar surface area (TPSA) is 75.6 Å². The molecule has 0 bridgehead atoms. The molecule has 0 saturated heterocycles. The zero-order valence-corrected chi connectivity index (χ0v) is 10.9. The van der Waals surface area contributed by atoms with E-state index in [1.165, 1.54) is 25.3 Å². The molecule has 17 heavy (non-hydrogen) atoms. The number of aliphatic hydroxyl groups is 1. The summed E-state index contributed by atoms with van der Waals surface area (Å²) < 4.78 is 30.7. The summed E-state index contributed by atoms with van der Waals surface area (Å²) in [6, 6.07) is 4.17. The number of ether oxygens (including phenoxy) is 1. The van der Waals surface area contributed by atoms with Crippen molar-refractivity contribution in [3.63, 3.8) is 0 Å². The van der Waals surface area contributed by atoms with Crippen molar-refractivity contribution in [1.29, 1.82) is 0 Å². The van der Waals surface area contributed by atoms with E-state index in [9.17, 15) is 8.42 Å². The maximum absolute atomic E-state index is 11.8. The maximum atomic E-state index is 11.8. The number of methoxy groups -OCH3 is 1. The van der Waals surface area contributed by atoms with Gasteiger partial charge in [0.1, 0.15) is 0 Å². The molecule has 0 spiro atoms. The maximum Gasteiger partial charge on any atom is 0.240 e. The van der Waals surface area contributed by atoms with E-state index in [-0.39, 0.29) is 18.0 Å². The molecular formula is C10H14ClNO4S. The van der Waals surface area contributed by atoms with Gasteiger partial charge in [-0.25, -0.2) is 13.1 Å². The number of hydrogen-bond acceptors (Lipinski definition) is 4. The van der Waals surface area contributed by atoms with Gasteiger partial charge in [-0.05, 0) is 23.8 Å². The lowest BCUT2D eigenvalue weighted by Gasteiger charge is -2.08. The predicted octanol–water partition coefficient (Wildman–Crippen LogP) is 0.757. The van der Waals surface area contributed by atoms with Gasteiger partial charge in [-0.15, -0.1) is 0 Å². The molecule has 0 unspecified atom stereocenters. The van der Waals surface area contributed by atoms with Crippen LogP contribution in [0.5, 0.6) is 0 Å². The number of sulfonamides is 1. The Bertz CT molecular complexity index is 475. The highest BCUT2D eigenvalue weighted by Crippen LogP contribution is 2.20.